The summed E-state index contributed by atoms with van der Waals surface area (Å²) in [5.74, 6) is 0.323. The van der Waals surface area contributed by atoms with E-state index in [1.165, 1.54) is 0 Å². The summed E-state index contributed by atoms with van der Waals surface area (Å²) in [6.07, 6.45) is 0. The molecule has 0 aliphatic carbocycles. The van der Waals surface area contributed by atoms with Crippen LogP contribution in [0.4, 0.5) is 0 Å². The zero-order chi connectivity index (χ0) is 18.0. The second-order valence-electron chi connectivity index (χ2n) is 6.03. The first-order valence-corrected chi connectivity index (χ1v) is 8.41. The fraction of sp³-hybridized carbons (Fsp3) is 0.211. The highest BCUT2D eigenvalue weighted by Crippen LogP contribution is 2.21. The van der Waals surface area contributed by atoms with Gasteiger partial charge in [-0.2, -0.15) is 0 Å². The van der Waals surface area contributed by atoms with E-state index in [1.807, 2.05) is 37.3 Å². The van der Waals surface area contributed by atoms with Crippen molar-refractivity contribution in [3.05, 3.63) is 70.7 Å². The molecular formula is C19H19ClN4O. The fourth-order valence-corrected chi connectivity index (χ4v) is 3.13. The van der Waals surface area contributed by atoms with Crippen molar-refractivity contribution < 1.29 is 4.79 Å². The van der Waals surface area contributed by atoms with Crippen LogP contribution in [-0.2, 0) is 0 Å². The molecule has 1 aliphatic heterocycles. The number of carbonyl (C=O) groups excluding carboxylic acids is 1. The first-order chi connectivity index (χ1) is 12.0. The molecule has 25 heavy (non-hydrogen) atoms. The standard InChI is InChI=1S/C19H19ClN4O/c1-13-11-24(18(22)14-7-3-2-4-8-14)17(21)12-23(13)19(25)15-9-5-6-10-16(15)20/h2-10,13,21-22H,11-12H2,1H3. The summed E-state index contributed by atoms with van der Waals surface area (Å²) in [6.45, 7) is 2.48. The number of piperazine rings is 1. The summed E-state index contributed by atoms with van der Waals surface area (Å²) >= 11 is 6.14. The van der Waals surface area contributed by atoms with Crippen LogP contribution in [0.1, 0.15) is 22.8 Å². The van der Waals surface area contributed by atoms with Gasteiger partial charge in [0.05, 0.1) is 17.1 Å². The minimum absolute atomic E-state index is 0.137. The third kappa shape index (κ3) is 3.42. The highest BCUT2D eigenvalue weighted by Gasteiger charge is 2.33. The van der Waals surface area contributed by atoms with E-state index in [9.17, 15) is 4.79 Å². The average Bonchev–Trinajstić information content (AvgIpc) is 2.63. The zero-order valence-electron chi connectivity index (χ0n) is 13.9. The second-order valence-corrected chi connectivity index (χ2v) is 6.44. The van der Waals surface area contributed by atoms with Gasteiger partial charge in [-0.25, -0.2) is 0 Å². The summed E-state index contributed by atoms with van der Waals surface area (Å²) in [6, 6.07) is 16.1. The molecule has 1 heterocycles. The van der Waals surface area contributed by atoms with Crippen molar-refractivity contribution in [2.45, 2.75) is 13.0 Å². The molecule has 1 unspecified atom stereocenters. The average molecular weight is 355 g/mol. The first-order valence-electron chi connectivity index (χ1n) is 8.03. The van der Waals surface area contributed by atoms with Crippen LogP contribution in [-0.4, -0.2) is 46.5 Å². The lowest BCUT2D eigenvalue weighted by Gasteiger charge is -2.41. The number of hydrogen-bond donors (Lipinski definition) is 2. The van der Waals surface area contributed by atoms with Crippen LogP contribution in [0.25, 0.3) is 0 Å². The minimum atomic E-state index is -0.186. The smallest absolute Gasteiger partial charge is 0.256 e. The van der Waals surface area contributed by atoms with E-state index < -0.39 is 0 Å². The molecule has 0 saturated carbocycles. The van der Waals surface area contributed by atoms with Gasteiger partial charge in [-0.1, -0.05) is 54.1 Å². The lowest BCUT2D eigenvalue weighted by molar-refractivity contribution is 0.0683. The van der Waals surface area contributed by atoms with Crippen molar-refractivity contribution in [1.82, 2.24) is 9.80 Å². The maximum absolute atomic E-state index is 12.8. The molecule has 2 aromatic rings. The van der Waals surface area contributed by atoms with E-state index >= 15 is 0 Å². The molecule has 0 aromatic heterocycles. The fourth-order valence-electron chi connectivity index (χ4n) is 2.91. The van der Waals surface area contributed by atoms with Gasteiger partial charge in [0.25, 0.3) is 5.91 Å². The third-order valence-corrected chi connectivity index (χ3v) is 4.64. The Hall–Kier alpha value is -2.66. The Morgan fingerprint density at radius 2 is 1.76 bits per heavy atom. The maximum atomic E-state index is 12.8. The molecule has 1 aliphatic rings. The molecule has 2 N–H and O–H groups in total. The summed E-state index contributed by atoms with van der Waals surface area (Å²) < 4.78 is 0. The summed E-state index contributed by atoms with van der Waals surface area (Å²) in [5.41, 5.74) is 1.20. The van der Waals surface area contributed by atoms with Crippen molar-refractivity contribution in [2.75, 3.05) is 13.1 Å². The van der Waals surface area contributed by atoms with Gasteiger partial charge in [0.1, 0.15) is 11.7 Å². The van der Waals surface area contributed by atoms with Crippen molar-refractivity contribution in [1.29, 1.82) is 10.8 Å². The van der Waals surface area contributed by atoms with E-state index in [-0.39, 0.29) is 30.2 Å². The molecule has 3 rings (SSSR count). The monoisotopic (exact) mass is 354 g/mol. The van der Waals surface area contributed by atoms with E-state index in [4.69, 9.17) is 22.4 Å². The van der Waals surface area contributed by atoms with Crippen LogP contribution in [0.5, 0.6) is 0 Å². The largest absolute Gasteiger partial charge is 0.327 e. The van der Waals surface area contributed by atoms with E-state index in [1.54, 1.807) is 34.1 Å². The highest BCUT2D eigenvalue weighted by atomic mass is 35.5. The Balaban J connectivity index is 1.79. The molecule has 1 saturated heterocycles. The van der Waals surface area contributed by atoms with Gasteiger partial charge in [-0.05, 0) is 19.1 Å². The molecule has 1 atom stereocenters. The van der Waals surface area contributed by atoms with Crippen LogP contribution in [0, 0.1) is 10.8 Å². The number of nitrogens with zero attached hydrogens (tertiary/aromatic N) is 2. The van der Waals surface area contributed by atoms with Gasteiger partial charge in [-0.3, -0.25) is 15.6 Å². The molecule has 5 nitrogen and oxygen atoms in total. The number of carbonyl (C=O) groups is 1. The Labute approximate surface area is 151 Å². The highest BCUT2D eigenvalue weighted by molar-refractivity contribution is 6.33. The molecule has 0 spiro atoms. The topological polar surface area (TPSA) is 71.2 Å². The van der Waals surface area contributed by atoms with Crippen molar-refractivity contribution in [3.63, 3.8) is 0 Å². The van der Waals surface area contributed by atoms with Crippen molar-refractivity contribution in [2.24, 2.45) is 0 Å². The van der Waals surface area contributed by atoms with Gasteiger partial charge in [0, 0.05) is 18.2 Å². The Morgan fingerprint density at radius 1 is 1.12 bits per heavy atom. The van der Waals surface area contributed by atoms with Crippen LogP contribution < -0.4 is 0 Å². The number of hydrogen-bond acceptors (Lipinski definition) is 3. The molecule has 128 valence electrons. The van der Waals surface area contributed by atoms with Crippen molar-refractivity contribution in [3.8, 4) is 0 Å². The number of amides is 1. The van der Waals surface area contributed by atoms with Crippen molar-refractivity contribution >= 4 is 29.2 Å². The van der Waals surface area contributed by atoms with E-state index in [0.717, 1.165) is 5.56 Å². The van der Waals surface area contributed by atoms with Gasteiger partial charge in [0.15, 0.2) is 0 Å². The van der Waals surface area contributed by atoms with Crippen LogP contribution in [0.2, 0.25) is 5.02 Å². The Bertz CT molecular complexity index is 821. The minimum Gasteiger partial charge on any atom is -0.327 e. The van der Waals surface area contributed by atoms with Crippen LogP contribution in [0.15, 0.2) is 54.6 Å². The number of rotatable bonds is 2. The lowest BCUT2D eigenvalue weighted by Crippen LogP contribution is -2.58. The molecular weight excluding hydrogens is 336 g/mol. The zero-order valence-corrected chi connectivity index (χ0v) is 14.6. The summed E-state index contributed by atoms with van der Waals surface area (Å²) in [7, 11) is 0. The molecule has 0 bridgehead atoms. The predicted octanol–water partition coefficient (Wildman–Crippen LogP) is 3.49. The van der Waals surface area contributed by atoms with Gasteiger partial charge < -0.3 is 9.80 Å². The Kier molecular flexibility index (Phi) is 4.86. The number of halogens is 1. The van der Waals surface area contributed by atoms with Gasteiger partial charge >= 0.3 is 0 Å². The number of benzene rings is 2. The lowest BCUT2D eigenvalue weighted by atomic mass is 10.1. The normalized spacial score (nSPS) is 17.5. The Morgan fingerprint density at radius 3 is 2.44 bits per heavy atom. The summed E-state index contributed by atoms with van der Waals surface area (Å²) in [5, 5.41) is 17.1. The predicted molar refractivity (Wildman–Crippen MR) is 99.7 cm³/mol. The van der Waals surface area contributed by atoms with Gasteiger partial charge in [0.2, 0.25) is 0 Å². The quantitative estimate of drug-likeness (QED) is 0.640. The molecule has 6 heteroatoms. The van der Waals surface area contributed by atoms with Crippen LogP contribution >= 0.6 is 11.6 Å². The SMILES string of the molecule is CC1CN(C(=N)c2ccccc2)C(=N)CN1C(=O)c1ccccc1Cl. The van der Waals surface area contributed by atoms with Gasteiger partial charge in [-0.15, -0.1) is 0 Å². The van der Waals surface area contributed by atoms with Crippen LogP contribution in [0.3, 0.4) is 0 Å². The number of amidine groups is 2. The third-order valence-electron chi connectivity index (χ3n) is 4.31. The second kappa shape index (κ2) is 7.07. The number of nitrogens with one attached hydrogen (secondary N) is 2. The molecule has 1 fully saturated rings. The molecule has 1 amide bonds. The van der Waals surface area contributed by atoms with E-state index in [0.29, 0.717) is 17.1 Å². The van der Waals surface area contributed by atoms with E-state index in [2.05, 4.69) is 0 Å². The molecule has 0 radical (unpaired) electrons. The maximum Gasteiger partial charge on any atom is 0.256 e. The first kappa shape index (κ1) is 17.2. The molecule has 2 aromatic carbocycles. The summed E-state index contributed by atoms with van der Waals surface area (Å²) in [4.78, 5) is 16.1.